The molecule has 2 aromatic rings. The van der Waals surface area contributed by atoms with Crippen molar-refractivity contribution in [1.29, 1.82) is 0 Å². The number of benzene rings is 2. The minimum atomic E-state index is 0.640. The number of fused-ring (bicyclic) bond motifs is 1. The predicted molar refractivity (Wildman–Crippen MR) is 72.9 cm³/mol. The molecular formula is C16H17N. The monoisotopic (exact) mass is 223 g/mol. The molecule has 1 aliphatic rings. The molecular weight excluding hydrogens is 206 g/mol. The van der Waals surface area contributed by atoms with Crippen LogP contribution in [0.2, 0.25) is 0 Å². The molecule has 1 N–H and O–H groups in total. The summed E-state index contributed by atoms with van der Waals surface area (Å²) in [6.07, 6.45) is 6.87. The van der Waals surface area contributed by atoms with E-state index in [1.807, 2.05) is 0 Å². The van der Waals surface area contributed by atoms with Crippen LogP contribution in [0.5, 0.6) is 0 Å². The molecule has 0 unspecified atom stereocenters. The van der Waals surface area contributed by atoms with Crippen LogP contribution < -0.4 is 5.32 Å². The fourth-order valence-electron chi connectivity index (χ4n) is 2.39. The molecule has 0 bridgehead atoms. The van der Waals surface area contributed by atoms with E-state index in [2.05, 4.69) is 59.9 Å². The van der Waals surface area contributed by atoms with Gasteiger partial charge in [-0.1, -0.05) is 48.6 Å². The van der Waals surface area contributed by atoms with Crippen molar-refractivity contribution in [1.82, 2.24) is 5.32 Å². The number of nitrogens with one attached hydrogen (secondary N) is 1. The van der Waals surface area contributed by atoms with Crippen molar-refractivity contribution in [2.75, 3.05) is 0 Å². The molecule has 2 aromatic carbocycles. The quantitative estimate of drug-likeness (QED) is 0.783. The Hall–Kier alpha value is -1.60. The van der Waals surface area contributed by atoms with Gasteiger partial charge in [0.05, 0.1) is 0 Å². The summed E-state index contributed by atoms with van der Waals surface area (Å²) in [6.45, 7) is 0.969. The fraction of sp³-hybridized carbons (Fsp3) is 0.250. The van der Waals surface area contributed by atoms with E-state index in [1.165, 1.54) is 29.2 Å². The van der Waals surface area contributed by atoms with E-state index in [0.29, 0.717) is 6.04 Å². The molecule has 0 amide bonds. The van der Waals surface area contributed by atoms with E-state index < -0.39 is 0 Å². The van der Waals surface area contributed by atoms with Gasteiger partial charge >= 0.3 is 0 Å². The van der Waals surface area contributed by atoms with Gasteiger partial charge in [0, 0.05) is 12.6 Å². The lowest BCUT2D eigenvalue weighted by Gasteiger charge is -2.12. The van der Waals surface area contributed by atoms with Gasteiger partial charge in [-0.2, -0.15) is 0 Å². The minimum Gasteiger partial charge on any atom is -0.309 e. The van der Waals surface area contributed by atoms with Gasteiger partial charge in [0.15, 0.2) is 0 Å². The van der Waals surface area contributed by atoms with E-state index in [1.54, 1.807) is 0 Å². The molecule has 0 aliphatic heterocycles. The van der Waals surface area contributed by atoms with E-state index in [4.69, 9.17) is 0 Å². The van der Waals surface area contributed by atoms with Crippen molar-refractivity contribution < 1.29 is 0 Å². The Balaban J connectivity index is 1.72. The van der Waals surface area contributed by atoms with Crippen LogP contribution in [0.15, 0.2) is 54.6 Å². The molecule has 17 heavy (non-hydrogen) atoms. The number of hydrogen-bond acceptors (Lipinski definition) is 1. The highest BCUT2D eigenvalue weighted by atomic mass is 14.9. The van der Waals surface area contributed by atoms with Crippen molar-refractivity contribution in [3.8, 4) is 0 Å². The lowest BCUT2D eigenvalue weighted by atomic mass is 10.1. The molecule has 3 rings (SSSR count). The fourth-order valence-corrected chi connectivity index (χ4v) is 2.39. The zero-order chi connectivity index (χ0) is 11.5. The Morgan fingerprint density at radius 1 is 0.941 bits per heavy atom. The molecule has 0 fully saturated rings. The molecule has 0 saturated heterocycles. The van der Waals surface area contributed by atoms with Gasteiger partial charge in [-0.3, -0.25) is 0 Å². The van der Waals surface area contributed by atoms with E-state index in [9.17, 15) is 0 Å². The first kappa shape index (κ1) is 10.5. The van der Waals surface area contributed by atoms with E-state index in [-0.39, 0.29) is 0 Å². The van der Waals surface area contributed by atoms with Crippen LogP contribution in [0.4, 0.5) is 0 Å². The second-order valence-electron chi connectivity index (χ2n) is 4.70. The molecule has 0 aromatic heterocycles. The standard InChI is InChI=1S/C16H17N/c1-2-6-15-11-13(9-10-14(15)5-1)12-17-16-7-3-4-8-16/h1-6,9-11,16-17H,7-8,12H2. The summed E-state index contributed by atoms with van der Waals surface area (Å²) in [5, 5.41) is 6.25. The van der Waals surface area contributed by atoms with Gasteiger partial charge in [-0.25, -0.2) is 0 Å². The average Bonchev–Trinajstić information content (AvgIpc) is 2.89. The van der Waals surface area contributed by atoms with Crippen LogP contribution in [0.1, 0.15) is 18.4 Å². The lowest BCUT2D eigenvalue weighted by Crippen LogP contribution is -2.25. The highest BCUT2D eigenvalue weighted by Crippen LogP contribution is 2.16. The Bertz CT molecular complexity index is 534. The van der Waals surface area contributed by atoms with Gasteiger partial charge in [0.1, 0.15) is 0 Å². The summed E-state index contributed by atoms with van der Waals surface area (Å²) in [4.78, 5) is 0. The first-order valence-corrected chi connectivity index (χ1v) is 6.28. The molecule has 0 radical (unpaired) electrons. The maximum absolute atomic E-state index is 3.60. The summed E-state index contributed by atoms with van der Waals surface area (Å²) in [7, 11) is 0. The normalized spacial score (nSPS) is 15.8. The Labute approximate surface area is 102 Å². The third kappa shape index (κ3) is 2.40. The zero-order valence-electron chi connectivity index (χ0n) is 9.89. The molecule has 0 heterocycles. The topological polar surface area (TPSA) is 12.0 Å². The maximum atomic E-state index is 3.60. The lowest BCUT2D eigenvalue weighted by molar-refractivity contribution is 0.539. The molecule has 86 valence electrons. The smallest absolute Gasteiger partial charge is 0.0208 e. The first-order chi connectivity index (χ1) is 8.42. The summed E-state index contributed by atoms with van der Waals surface area (Å²) in [5.41, 5.74) is 1.37. The highest BCUT2D eigenvalue weighted by Gasteiger charge is 2.08. The number of hydrogen-bond donors (Lipinski definition) is 1. The SMILES string of the molecule is C1=CCC(NCc2ccc3ccccc3c2)C1. The summed E-state index contributed by atoms with van der Waals surface area (Å²) in [5.74, 6) is 0. The second-order valence-corrected chi connectivity index (χ2v) is 4.70. The van der Waals surface area contributed by atoms with Crippen LogP contribution in [0.3, 0.4) is 0 Å². The summed E-state index contributed by atoms with van der Waals surface area (Å²) in [6, 6.07) is 15.9. The Morgan fingerprint density at radius 3 is 2.53 bits per heavy atom. The average molecular weight is 223 g/mol. The minimum absolute atomic E-state index is 0.640. The molecule has 1 aliphatic carbocycles. The molecule has 0 atom stereocenters. The largest absolute Gasteiger partial charge is 0.309 e. The predicted octanol–water partition coefficient (Wildman–Crippen LogP) is 3.65. The van der Waals surface area contributed by atoms with Gasteiger partial charge in [-0.15, -0.1) is 0 Å². The highest BCUT2D eigenvalue weighted by molar-refractivity contribution is 5.82. The van der Waals surface area contributed by atoms with Crippen LogP contribution in [0, 0.1) is 0 Å². The van der Waals surface area contributed by atoms with Gasteiger partial charge in [-0.05, 0) is 35.2 Å². The molecule has 0 saturated carbocycles. The zero-order valence-corrected chi connectivity index (χ0v) is 9.89. The van der Waals surface area contributed by atoms with Crippen LogP contribution in [0.25, 0.3) is 10.8 Å². The van der Waals surface area contributed by atoms with Crippen molar-refractivity contribution in [2.24, 2.45) is 0 Å². The van der Waals surface area contributed by atoms with Crippen molar-refractivity contribution in [3.05, 3.63) is 60.2 Å². The second kappa shape index (κ2) is 4.72. The van der Waals surface area contributed by atoms with Crippen molar-refractivity contribution >= 4 is 10.8 Å². The summed E-state index contributed by atoms with van der Waals surface area (Å²) < 4.78 is 0. The Kier molecular flexibility index (Phi) is 2.93. The van der Waals surface area contributed by atoms with E-state index >= 15 is 0 Å². The molecule has 1 nitrogen and oxygen atoms in total. The maximum Gasteiger partial charge on any atom is 0.0208 e. The molecule has 0 spiro atoms. The van der Waals surface area contributed by atoms with Crippen molar-refractivity contribution in [3.63, 3.8) is 0 Å². The van der Waals surface area contributed by atoms with E-state index in [0.717, 1.165) is 6.54 Å². The van der Waals surface area contributed by atoms with Gasteiger partial charge in [0.2, 0.25) is 0 Å². The Morgan fingerprint density at radius 2 is 1.71 bits per heavy atom. The first-order valence-electron chi connectivity index (χ1n) is 6.28. The third-order valence-electron chi connectivity index (χ3n) is 3.42. The van der Waals surface area contributed by atoms with Gasteiger partial charge < -0.3 is 5.32 Å². The molecule has 1 heteroatoms. The third-order valence-corrected chi connectivity index (χ3v) is 3.42. The summed E-state index contributed by atoms with van der Waals surface area (Å²) >= 11 is 0. The number of rotatable bonds is 3. The van der Waals surface area contributed by atoms with Crippen LogP contribution in [-0.4, -0.2) is 6.04 Å². The van der Waals surface area contributed by atoms with Crippen LogP contribution in [-0.2, 0) is 6.54 Å². The van der Waals surface area contributed by atoms with Crippen molar-refractivity contribution in [2.45, 2.75) is 25.4 Å². The van der Waals surface area contributed by atoms with Gasteiger partial charge in [0.25, 0.3) is 0 Å². The van der Waals surface area contributed by atoms with Crippen LogP contribution >= 0.6 is 0 Å².